The Morgan fingerprint density at radius 3 is 2.50 bits per heavy atom. The van der Waals surface area contributed by atoms with E-state index in [1.165, 1.54) is 0 Å². The monoisotopic (exact) mass is 279 g/mol. The minimum atomic E-state index is -4.56. The molecule has 0 saturated carbocycles. The lowest BCUT2D eigenvalue weighted by atomic mass is 9.96. The van der Waals surface area contributed by atoms with Gasteiger partial charge in [0.1, 0.15) is 10.8 Å². The molecule has 0 saturated heterocycles. The fourth-order valence-electron chi connectivity index (χ4n) is 1.61. The summed E-state index contributed by atoms with van der Waals surface area (Å²) in [4.78, 5) is 15.1. The summed E-state index contributed by atoms with van der Waals surface area (Å²) in [6.45, 7) is 3.65. The number of pyridine rings is 1. The fourth-order valence-corrected chi connectivity index (χ4v) is 1.85. The Kier molecular flexibility index (Phi) is 4.73. The van der Waals surface area contributed by atoms with Crippen molar-refractivity contribution in [2.24, 2.45) is 5.92 Å². The van der Waals surface area contributed by atoms with Crippen LogP contribution in [0.15, 0.2) is 12.1 Å². The minimum Gasteiger partial charge on any atom is -0.294 e. The lowest BCUT2D eigenvalue weighted by Crippen LogP contribution is -2.14. The van der Waals surface area contributed by atoms with Crippen molar-refractivity contribution in [1.29, 1.82) is 0 Å². The number of aromatic nitrogens is 1. The van der Waals surface area contributed by atoms with Crippen molar-refractivity contribution >= 4 is 17.4 Å². The Balaban J connectivity index is 3.03. The van der Waals surface area contributed by atoms with Crippen LogP contribution >= 0.6 is 11.6 Å². The van der Waals surface area contributed by atoms with Gasteiger partial charge in [0.25, 0.3) is 0 Å². The van der Waals surface area contributed by atoms with Crippen molar-refractivity contribution in [2.75, 3.05) is 0 Å². The number of ketones is 1. The van der Waals surface area contributed by atoms with Crippen molar-refractivity contribution in [3.63, 3.8) is 0 Å². The molecule has 1 atom stereocenters. The smallest absolute Gasteiger partial charge is 0.294 e. The summed E-state index contributed by atoms with van der Waals surface area (Å²) in [5, 5.41) is -0.391. The third-order valence-corrected chi connectivity index (χ3v) is 2.86. The van der Waals surface area contributed by atoms with Crippen LogP contribution in [0.4, 0.5) is 13.2 Å². The molecule has 100 valence electrons. The zero-order valence-corrected chi connectivity index (χ0v) is 10.8. The van der Waals surface area contributed by atoms with Gasteiger partial charge in [-0.3, -0.25) is 4.79 Å². The maximum absolute atomic E-state index is 12.4. The van der Waals surface area contributed by atoms with Crippen LogP contribution in [0.5, 0.6) is 0 Å². The molecule has 0 radical (unpaired) electrons. The molecule has 0 N–H and O–H groups in total. The molecular formula is C12H13ClF3NO. The summed E-state index contributed by atoms with van der Waals surface area (Å²) < 4.78 is 37.1. The van der Waals surface area contributed by atoms with Gasteiger partial charge in [0.2, 0.25) is 0 Å². The molecule has 18 heavy (non-hydrogen) atoms. The number of carbonyl (C=O) groups excluding carboxylic acids is 1. The summed E-state index contributed by atoms with van der Waals surface area (Å²) in [6, 6.07) is 1.87. The van der Waals surface area contributed by atoms with E-state index >= 15 is 0 Å². The van der Waals surface area contributed by atoms with Gasteiger partial charge in [0.05, 0.1) is 5.56 Å². The highest BCUT2D eigenvalue weighted by molar-refractivity contribution is 6.32. The first-order valence-corrected chi connectivity index (χ1v) is 5.93. The molecule has 0 aromatic carbocycles. The molecule has 6 heteroatoms. The third kappa shape index (κ3) is 3.45. The van der Waals surface area contributed by atoms with Gasteiger partial charge in [0, 0.05) is 5.92 Å². The average molecular weight is 280 g/mol. The molecule has 0 aliphatic carbocycles. The second-order valence-corrected chi connectivity index (χ2v) is 4.44. The minimum absolute atomic E-state index is 0.0469. The zero-order valence-electron chi connectivity index (χ0n) is 10.0. The molecule has 2 nitrogen and oxygen atoms in total. The Hall–Kier alpha value is -1.10. The zero-order chi connectivity index (χ0) is 13.9. The Morgan fingerprint density at radius 1 is 1.44 bits per heavy atom. The first kappa shape index (κ1) is 15.0. The van der Waals surface area contributed by atoms with E-state index in [4.69, 9.17) is 11.6 Å². The largest absolute Gasteiger partial charge is 0.433 e. The van der Waals surface area contributed by atoms with E-state index in [9.17, 15) is 18.0 Å². The molecule has 0 bridgehead atoms. The number of carbonyl (C=O) groups is 1. The molecule has 0 aliphatic heterocycles. The summed E-state index contributed by atoms with van der Waals surface area (Å²) in [5.41, 5.74) is -1.04. The van der Waals surface area contributed by atoms with E-state index in [0.717, 1.165) is 18.6 Å². The van der Waals surface area contributed by atoms with E-state index in [-0.39, 0.29) is 17.3 Å². The third-order valence-electron chi connectivity index (χ3n) is 2.57. The highest BCUT2D eigenvalue weighted by Crippen LogP contribution is 2.30. The summed E-state index contributed by atoms with van der Waals surface area (Å²) in [5.74, 6) is -0.547. The molecule has 0 spiro atoms. The Labute approximate surface area is 108 Å². The molecular weight excluding hydrogens is 267 g/mol. The number of rotatable bonds is 4. The molecule has 0 aliphatic rings. The average Bonchev–Trinajstić information content (AvgIpc) is 2.27. The van der Waals surface area contributed by atoms with Gasteiger partial charge < -0.3 is 0 Å². The van der Waals surface area contributed by atoms with Gasteiger partial charge >= 0.3 is 6.18 Å². The van der Waals surface area contributed by atoms with Crippen LogP contribution < -0.4 is 0 Å². The second kappa shape index (κ2) is 5.69. The number of nitrogens with zero attached hydrogens (tertiary/aromatic N) is 1. The first-order valence-electron chi connectivity index (χ1n) is 5.55. The molecule has 1 aromatic rings. The van der Waals surface area contributed by atoms with Crippen molar-refractivity contribution in [3.8, 4) is 0 Å². The molecule has 1 aromatic heterocycles. The van der Waals surface area contributed by atoms with Crippen molar-refractivity contribution in [2.45, 2.75) is 32.9 Å². The molecule has 0 fully saturated rings. The van der Waals surface area contributed by atoms with Crippen LogP contribution in [0.25, 0.3) is 0 Å². The maximum atomic E-state index is 12.4. The topological polar surface area (TPSA) is 30.0 Å². The predicted octanol–water partition coefficient (Wildman–Crippen LogP) is 4.37. The standard InChI is InChI=1S/C12H13ClF3NO/c1-3-4-7(2)10(18)8-5-6-9(12(14,15)16)17-11(8)13/h5-7H,3-4H2,1-2H3. The Morgan fingerprint density at radius 2 is 2.06 bits per heavy atom. The van der Waals surface area contributed by atoms with E-state index in [1.54, 1.807) is 6.92 Å². The van der Waals surface area contributed by atoms with E-state index in [0.29, 0.717) is 6.42 Å². The SMILES string of the molecule is CCCC(C)C(=O)c1ccc(C(F)(F)F)nc1Cl. The van der Waals surface area contributed by atoms with Crippen molar-refractivity contribution in [1.82, 2.24) is 4.98 Å². The van der Waals surface area contributed by atoms with Crippen LogP contribution in [-0.4, -0.2) is 10.8 Å². The van der Waals surface area contributed by atoms with E-state index < -0.39 is 17.0 Å². The second-order valence-electron chi connectivity index (χ2n) is 4.09. The summed E-state index contributed by atoms with van der Waals surface area (Å²) in [6.07, 6.45) is -3.07. The maximum Gasteiger partial charge on any atom is 0.433 e. The molecule has 1 unspecified atom stereocenters. The lowest BCUT2D eigenvalue weighted by molar-refractivity contribution is -0.141. The molecule has 1 heterocycles. The summed E-state index contributed by atoms with van der Waals surface area (Å²) in [7, 11) is 0. The number of Topliss-reactive ketones (excluding diaryl/α,β-unsaturated/α-hetero) is 1. The predicted molar refractivity (Wildman–Crippen MR) is 62.7 cm³/mol. The van der Waals surface area contributed by atoms with Crippen molar-refractivity contribution < 1.29 is 18.0 Å². The van der Waals surface area contributed by atoms with Gasteiger partial charge in [-0.1, -0.05) is 31.9 Å². The van der Waals surface area contributed by atoms with Crippen LogP contribution in [0.1, 0.15) is 42.7 Å². The van der Waals surface area contributed by atoms with E-state index in [1.807, 2.05) is 6.92 Å². The van der Waals surface area contributed by atoms with Crippen LogP contribution in [0.3, 0.4) is 0 Å². The number of alkyl halides is 3. The van der Waals surface area contributed by atoms with Crippen LogP contribution in [0.2, 0.25) is 5.15 Å². The van der Waals surface area contributed by atoms with Gasteiger partial charge in [-0.25, -0.2) is 4.98 Å². The summed E-state index contributed by atoms with van der Waals surface area (Å²) >= 11 is 5.64. The fraction of sp³-hybridized carbons (Fsp3) is 0.500. The van der Waals surface area contributed by atoms with Crippen LogP contribution in [-0.2, 0) is 6.18 Å². The van der Waals surface area contributed by atoms with Crippen LogP contribution in [0, 0.1) is 5.92 Å². The number of hydrogen-bond acceptors (Lipinski definition) is 2. The van der Waals surface area contributed by atoms with Crippen molar-refractivity contribution in [3.05, 3.63) is 28.5 Å². The molecule has 0 amide bonds. The first-order chi connectivity index (χ1) is 8.27. The quantitative estimate of drug-likeness (QED) is 0.605. The normalized spacial score (nSPS) is 13.4. The number of halogens is 4. The highest BCUT2D eigenvalue weighted by Gasteiger charge is 2.33. The van der Waals surface area contributed by atoms with Gasteiger partial charge in [0.15, 0.2) is 5.78 Å². The van der Waals surface area contributed by atoms with Gasteiger partial charge in [-0.15, -0.1) is 0 Å². The lowest BCUT2D eigenvalue weighted by Gasteiger charge is -2.11. The van der Waals surface area contributed by atoms with E-state index in [2.05, 4.69) is 4.98 Å². The molecule has 1 rings (SSSR count). The Bertz CT molecular complexity index is 445. The highest BCUT2D eigenvalue weighted by atomic mass is 35.5. The van der Waals surface area contributed by atoms with Gasteiger partial charge in [-0.2, -0.15) is 13.2 Å². The number of hydrogen-bond donors (Lipinski definition) is 0. The van der Waals surface area contributed by atoms with Gasteiger partial charge in [-0.05, 0) is 18.6 Å².